The summed E-state index contributed by atoms with van der Waals surface area (Å²) in [4.78, 5) is 40.7. The Hall–Kier alpha value is -4.00. The number of aromatic nitrogens is 3. The van der Waals surface area contributed by atoms with Crippen molar-refractivity contribution in [3.05, 3.63) is 94.0 Å². The second kappa shape index (κ2) is 18.4. The van der Waals surface area contributed by atoms with Crippen molar-refractivity contribution < 1.29 is 19.1 Å². The van der Waals surface area contributed by atoms with Crippen LogP contribution in [-0.4, -0.2) is 95.7 Å². The number of aryl methyl sites for hydroxylation is 1. The molecule has 0 radical (unpaired) electrons. The Kier molecular flexibility index (Phi) is 13.9. The predicted molar refractivity (Wildman–Crippen MR) is 209 cm³/mol. The average molecular weight is 765 g/mol. The number of halogens is 2. The molecule has 2 amide bonds. The summed E-state index contributed by atoms with van der Waals surface area (Å²) < 4.78 is 13.8. The van der Waals surface area contributed by atoms with E-state index in [4.69, 9.17) is 32.7 Å². The van der Waals surface area contributed by atoms with Gasteiger partial charge in [0.2, 0.25) is 11.8 Å². The lowest BCUT2D eigenvalue weighted by Crippen LogP contribution is -2.63. The monoisotopic (exact) mass is 763 g/mol. The van der Waals surface area contributed by atoms with E-state index in [-0.39, 0.29) is 18.4 Å². The van der Waals surface area contributed by atoms with Gasteiger partial charge in [-0.3, -0.25) is 14.6 Å². The molecule has 1 aliphatic rings. The number of nitrogens with zero attached hydrogens (tertiary/aromatic N) is 5. The minimum atomic E-state index is -0.834. The molecule has 1 aliphatic heterocycles. The summed E-state index contributed by atoms with van der Waals surface area (Å²) in [6, 6.07) is 16.2. The van der Waals surface area contributed by atoms with Crippen LogP contribution in [0.5, 0.6) is 11.5 Å². The molecule has 284 valence electrons. The summed E-state index contributed by atoms with van der Waals surface area (Å²) >= 11 is 12.5. The first-order chi connectivity index (χ1) is 25.4. The van der Waals surface area contributed by atoms with Crippen molar-refractivity contribution in [2.24, 2.45) is 13.0 Å². The number of carbonyl (C=O) groups is 2. The standard InChI is InChI=1S/C40H51Cl2N7O4/c1-27(38(50)46-34(25-52-6)39(51)49(5)40(18-7-19-43-26-40)21-28-9-13-30(41)14-10-28)8-11-29-12-15-31(42)20-36(29)53-32-16-17-33(44-22-32)35-23-45-37(48(35)4)24-47(2)3/h9-10,12-17,20,22-23,27,34,43H,7-8,11,18-19,21,24-26H2,1-6H3,(H,46,50)/t27-,34+,40-/m1/s1. The number of benzene rings is 2. The smallest absolute Gasteiger partial charge is 0.247 e. The predicted octanol–water partition coefficient (Wildman–Crippen LogP) is 6.17. The molecular weight excluding hydrogens is 713 g/mol. The molecule has 13 heteroatoms. The fourth-order valence-corrected chi connectivity index (χ4v) is 7.07. The number of methoxy groups -OCH3 is 1. The van der Waals surface area contributed by atoms with Gasteiger partial charge in [-0.05, 0) is 100 Å². The fraction of sp³-hybridized carbons (Fsp3) is 0.450. The lowest BCUT2D eigenvalue weighted by molar-refractivity contribution is -0.143. The molecule has 2 aromatic carbocycles. The number of amides is 2. The van der Waals surface area contributed by atoms with E-state index in [1.54, 1.807) is 17.2 Å². The largest absolute Gasteiger partial charge is 0.455 e. The van der Waals surface area contributed by atoms with E-state index in [9.17, 15) is 9.59 Å². The van der Waals surface area contributed by atoms with Crippen LogP contribution in [0, 0.1) is 5.92 Å². The number of rotatable bonds is 16. The second-order valence-electron chi connectivity index (χ2n) is 14.3. The summed E-state index contributed by atoms with van der Waals surface area (Å²) in [6.45, 7) is 4.20. The van der Waals surface area contributed by atoms with Gasteiger partial charge < -0.3 is 34.5 Å². The molecule has 4 aromatic rings. The Morgan fingerprint density at radius 1 is 1.04 bits per heavy atom. The molecule has 0 unspecified atom stereocenters. The molecule has 5 rings (SSSR count). The maximum atomic E-state index is 14.1. The number of piperidine rings is 1. The molecule has 11 nitrogen and oxygen atoms in total. The molecule has 2 N–H and O–H groups in total. The molecule has 0 saturated carbocycles. The maximum absolute atomic E-state index is 14.1. The third-order valence-electron chi connectivity index (χ3n) is 9.98. The van der Waals surface area contributed by atoms with Gasteiger partial charge in [-0.15, -0.1) is 0 Å². The van der Waals surface area contributed by atoms with Gasteiger partial charge in [0.05, 0.1) is 42.5 Å². The van der Waals surface area contributed by atoms with Crippen molar-refractivity contribution in [3.8, 4) is 22.9 Å². The third kappa shape index (κ3) is 10.4. The van der Waals surface area contributed by atoms with Crippen LogP contribution >= 0.6 is 23.2 Å². The van der Waals surface area contributed by atoms with Gasteiger partial charge in [0.15, 0.2) is 0 Å². The molecule has 0 spiro atoms. The van der Waals surface area contributed by atoms with E-state index < -0.39 is 17.5 Å². The first kappa shape index (κ1) is 40.2. The molecule has 1 saturated heterocycles. The molecular formula is C40H51Cl2N7O4. The van der Waals surface area contributed by atoms with Gasteiger partial charge in [0.1, 0.15) is 23.4 Å². The van der Waals surface area contributed by atoms with Crippen molar-refractivity contribution in [1.82, 2.24) is 35.0 Å². The highest BCUT2D eigenvalue weighted by Gasteiger charge is 2.41. The third-order valence-corrected chi connectivity index (χ3v) is 10.5. The summed E-state index contributed by atoms with van der Waals surface area (Å²) in [5.74, 6) is 1.30. The summed E-state index contributed by atoms with van der Waals surface area (Å²) in [5.41, 5.74) is 3.23. The fourth-order valence-electron chi connectivity index (χ4n) is 6.78. The van der Waals surface area contributed by atoms with E-state index in [0.29, 0.717) is 47.4 Å². The lowest BCUT2D eigenvalue weighted by atomic mass is 9.82. The van der Waals surface area contributed by atoms with Crippen LogP contribution in [0.1, 0.15) is 43.1 Å². The molecule has 0 bridgehead atoms. The molecule has 2 aromatic heterocycles. The van der Waals surface area contributed by atoms with Gasteiger partial charge in [-0.2, -0.15) is 0 Å². The number of pyridine rings is 1. The van der Waals surface area contributed by atoms with Gasteiger partial charge in [-0.25, -0.2) is 4.98 Å². The van der Waals surface area contributed by atoms with E-state index in [1.807, 2.05) is 94.4 Å². The van der Waals surface area contributed by atoms with Crippen LogP contribution < -0.4 is 15.4 Å². The zero-order valence-electron chi connectivity index (χ0n) is 31.5. The number of likely N-dealkylation sites (N-methyl/N-ethyl adjacent to an activating group) is 1. The quantitative estimate of drug-likeness (QED) is 0.140. The van der Waals surface area contributed by atoms with Crippen LogP contribution in [0.2, 0.25) is 10.0 Å². The highest BCUT2D eigenvalue weighted by atomic mass is 35.5. The first-order valence-corrected chi connectivity index (χ1v) is 18.7. The molecule has 3 heterocycles. The summed E-state index contributed by atoms with van der Waals surface area (Å²) in [7, 11) is 9.36. The highest BCUT2D eigenvalue weighted by Crippen LogP contribution is 2.32. The SMILES string of the molecule is COC[C@H](NC(=O)[C@H](C)CCc1ccc(Cl)cc1Oc1ccc(-c2cnc(CN(C)C)n2C)nc1)C(=O)N(C)[C@@]1(Cc2ccc(Cl)cc2)CCCNC1. The van der Waals surface area contributed by atoms with E-state index >= 15 is 0 Å². The summed E-state index contributed by atoms with van der Waals surface area (Å²) in [6.07, 6.45) is 7.01. The average Bonchev–Trinajstić information content (AvgIpc) is 3.50. The Balaban J connectivity index is 1.22. The normalized spacial score (nSPS) is 17.0. The minimum Gasteiger partial charge on any atom is -0.455 e. The zero-order chi connectivity index (χ0) is 38.1. The Bertz CT molecular complexity index is 1830. The molecule has 53 heavy (non-hydrogen) atoms. The minimum absolute atomic E-state index is 0.0614. The van der Waals surface area contributed by atoms with Crippen molar-refractivity contribution in [1.29, 1.82) is 0 Å². The Morgan fingerprint density at radius 3 is 2.45 bits per heavy atom. The number of hydrogen-bond donors (Lipinski definition) is 2. The van der Waals surface area contributed by atoms with Crippen LogP contribution in [-0.2, 0) is 40.8 Å². The van der Waals surface area contributed by atoms with Gasteiger partial charge in [0, 0.05) is 43.7 Å². The number of imidazole rings is 1. The number of ether oxygens (including phenoxy) is 2. The van der Waals surface area contributed by atoms with Gasteiger partial charge >= 0.3 is 0 Å². The Morgan fingerprint density at radius 2 is 1.79 bits per heavy atom. The van der Waals surface area contributed by atoms with Crippen molar-refractivity contribution in [3.63, 3.8) is 0 Å². The second-order valence-corrected chi connectivity index (χ2v) is 15.1. The number of hydrogen-bond acceptors (Lipinski definition) is 8. The number of carbonyl (C=O) groups excluding carboxylic acids is 2. The highest BCUT2D eigenvalue weighted by molar-refractivity contribution is 6.31. The molecule has 3 atom stereocenters. The maximum Gasteiger partial charge on any atom is 0.247 e. The van der Waals surface area contributed by atoms with Crippen molar-refractivity contribution >= 4 is 35.0 Å². The van der Waals surface area contributed by atoms with Crippen LogP contribution in [0.4, 0.5) is 0 Å². The zero-order valence-corrected chi connectivity index (χ0v) is 33.0. The van der Waals surface area contributed by atoms with Crippen LogP contribution in [0.3, 0.4) is 0 Å². The first-order valence-electron chi connectivity index (χ1n) is 18.0. The van der Waals surface area contributed by atoms with Crippen molar-refractivity contribution in [2.75, 3.05) is 47.9 Å². The lowest BCUT2D eigenvalue weighted by Gasteiger charge is -2.46. The van der Waals surface area contributed by atoms with E-state index in [1.165, 1.54) is 7.11 Å². The summed E-state index contributed by atoms with van der Waals surface area (Å²) in [5, 5.41) is 7.68. The topological polar surface area (TPSA) is 114 Å². The van der Waals surface area contributed by atoms with Crippen molar-refractivity contribution in [2.45, 2.75) is 57.2 Å². The Labute approximate surface area is 323 Å². The van der Waals surface area contributed by atoms with Gasteiger partial charge in [0.25, 0.3) is 0 Å². The number of nitrogens with one attached hydrogen (secondary N) is 2. The van der Waals surface area contributed by atoms with Gasteiger partial charge in [-0.1, -0.05) is 48.3 Å². The molecule has 1 fully saturated rings. The van der Waals surface area contributed by atoms with Crippen LogP contribution in [0.25, 0.3) is 11.4 Å². The van der Waals surface area contributed by atoms with E-state index in [0.717, 1.165) is 54.3 Å². The van der Waals surface area contributed by atoms with Crippen LogP contribution in [0.15, 0.2) is 67.0 Å². The van der Waals surface area contributed by atoms with E-state index in [2.05, 4.69) is 25.5 Å². The molecule has 0 aliphatic carbocycles.